The van der Waals surface area contributed by atoms with Crippen LogP contribution in [0.5, 0.6) is 5.75 Å². The summed E-state index contributed by atoms with van der Waals surface area (Å²) >= 11 is 1.00. The molecule has 0 aromatic heterocycles. The number of carbonyl (C=O) groups is 2. The van der Waals surface area contributed by atoms with E-state index in [0.717, 1.165) is 23.9 Å². The van der Waals surface area contributed by atoms with Crippen molar-refractivity contribution in [2.24, 2.45) is 0 Å². The highest BCUT2D eigenvalue weighted by molar-refractivity contribution is 8.00. The first-order valence-electron chi connectivity index (χ1n) is 6.55. The van der Waals surface area contributed by atoms with E-state index in [2.05, 4.69) is 5.32 Å². The van der Waals surface area contributed by atoms with E-state index in [1.54, 1.807) is 12.1 Å². The third-order valence-electron chi connectivity index (χ3n) is 2.87. The topological polar surface area (TPSA) is 55.4 Å². The van der Waals surface area contributed by atoms with Crippen LogP contribution in [0.3, 0.4) is 0 Å². The molecule has 0 aliphatic rings. The third-order valence-corrected chi connectivity index (χ3v) is 3.86. The van der Waals surface area contributed by atoms with Crippen molar-refractivity contribution in [3.05, 3.63) is 59.7 Å². The van der Waals surface area contributed by atoms with Crippen LogP contribution >= 0.6 is 11.8 Å². The number of thioether (sulfide) groups is 1. The van der Waals surface area contributed by atoms with E-state index in [-0.39, 0.29) is 5.75 Å². The number of carbonyl (C=O) groups excluding carboxylic acids is 2. The number of methoxy groups -OCH3 is 1. The van der Waals surface area contributed by atoms with Crippen LogP contribution < -0.4 is 10.1 Å². The summed E-state index contributed by atoms with van der Waals surface area (Å²) in [7, 11) is 1.51. The van der Waals surface area contributed by atoms with Gasteiger partial charge in [-0.1, -0.05) is 0 Å². The predicted molar refractivity (Wildman–Crippen MR) is 82.5 cm³/mol. The van der Waals surface area contributed by atoms with E-state index in [0.29, 0.717) is 16.2 Å². The molecule has 2 aromatic rings. The Hall–Kier alpha value is -2.41. The molecule has 0 saturated carbocycles. The van der Waals surface area contributed by atoms with E-state index in [1.165, 1.54) is 25.3 Å². The number of imide groups is 1. The lowest BCUT2D eigenvalue weighted by Crippen LogP contribution is -2.31. The second kappa shape index (κ2) is 7.73. The molecule has 1 N–H and O–H groups in total. The SMILES string of the molecule is COc1ccc(C(=O)NC(=O)CSc2ccc(F)c(F)c2)cc1. The van der Waals surface area contributed by atoms with Crippen molar-refractivity contribution < 1.29 is 23.1 Å². The van der Waals surface area contributed by atoms with Crippen LogP contribution in [0.25, 0.3) is 0 Å². The molecule has 0 fully saturated rings. The monoisotopic (exact) mass is 337 g/mol. The van der Waals surface area contributed by atoms with E-state index in [1.807, 2.05) is 0 Å². The number of hydrogen-bond donors (Lipinski definition) is 1. The minimum Gasteiger partial charge on any atom is -0.497 e. The quantitative estimate of drug-likeness (QED) is 0.852. The molecular formula is C16H13F2NO3S. The smallest absolute Gasteiger partial charge is 0.257 e. The van der Waals surface area contributed by atoms with Gasteiger partial charge in [-0.2, -0.15) is 0 Å². The number of amides is 2. The van der Waals surface area contributed by atoms with Crippen molar-refractivity contribution >= 4 is 23.6 Å². The van der Waals surface area contributed by atoms with Gasteiger partial charge in [-0.15, -0.1) is 11.8 Å². The Kier molecular flexibility index (Phi) is 5.70. The standard InChI is InChI=1S/C16H13F2NO3S/c1-22-11-4-2-10(3-5-11)16(21)19-15(20)9-23-12-6-7-13(17)14(18)8-12/h2-8H,9H2,1H3,(H,19,20,21). The van der Waals surface area contributed by atoms with Gasteiger partial charge in [0, 0.05) is 10.5 Å². The fourth-order valence-electron chi connectivity index (χ4n) is 1.69. The first kappa shape index (κ1) is 17.0. The zero-order chi connectivity index (χ0) is 16.8. The maximum Gasteiger partial charge on any atom is 0.257 e. The van der Waals surface area contributed by atoms with Gasteiger partial charge in [0.2, 0.25) is 5.91 Å². The minimum absolute atomic E-state index is 0.0903. The van der Waals surface area contributed by atoms with E-state index in [9.17, 15) is 18.4 Å². The Morgan fingerprint density at radius 3 is 2.39 bits per heavy atom. The van der Waals surface area contributed by atoms with Gasteiger partial charge in [0.25, 0.3) is 5.91 Å². The van der Waals surface area contributed by atoms with Crippen molar-refractivity contribution in [2.75, 3.05) is 12.9 Å². The molecule has 0 aliphatic heterocycles. The van der Waals surface area contributed by atoms with Gasteiger partial charge < -0.3 is 4.74 Å². The summed E-state index contributed by atoms with van der Waals surface area (Å²) in [5.41, 5.74) is 0.317. The first-order chi connectivity index (χ1) is 11.0. The van der Waals surface area contributed by atoms with Crippen LogP contribution in [-0.2, 0) is 4.79 Å². The second-order valence-electron chi connectivity index (χ2n) is 4.47. The fourth-order valence-corrected chi connectivity index (χ4v) is 2.41. The van der Waals surface area contributed by atoms with Crippen molar-refractivity contribution in [1.29, 1.82) is 0 Å². The minimum atomic E-state index is -0.982. The van der Waals surface area contributed by atoms with Gasteiger partial charge in [-0.05, 0) is 42.5 Å². The number of benzene rings is 2. The Morgan fingerprint density at radius 2 is 1.78 bits per heavy atom. The molecule has 0 atom stereocenters. The van der Waals surface area contributed by atoms with Crippen LogP contribution in [0.15, 0.2) is 47.4 Å². The highest BCUT2D eigenvalue weighted by Gasteiger charge is 2.11. The maximum atomic E-state index is 13.0. The van der Waals surface area contributed by atoms with E-state index < -0.39 is 23.4 Å². The van der Waals surface area contributed by atoms with Crippen molar-refractivity contribution in [2.45, 2.75) is 4.90 Å². The molecule has 0 bridgehead atoms. The highest BCUT2D eigenvalue weighted by Crippen LogP contribution is 2.20. The number of nitrogens with one attached hydrogen (secondary N) is 1. The lowest BCUT2D eigenvalue weighted by Gasteiger charge is -2.05. The summed E-state index contributed by atoms with van der Waals surface area (Å²) in [5, 5.41) is 2.22. The predicted octanol–water partition coefficient (Wildman–Crippen LogP) is 3.02. The van der Waals surface area contributed by atoms with E-state index >= 15 is 0 Å². The van der Waals surface area contributed by atoms with Crippen molar-refractivity contribution in [3.8, 4) is 5.75 Å². The summed E-state index contributed by atoms with van der Waals surface area (Å²) in [6.07, 6.45) is 0. The number of hydrogen-bond acceptors (Lipinski definition) is 4. The molecule has 4 nitrogen and oxygen atoms in total. The summed E-state index contributed by atoms with van der Waals surface area (Å²) in [6, 6.07) is 9.62. The Balaban J connectivity index is 1.88. The molecule has 0 spiro atoms. The Morgan fingerprint density at radius 1 is 1.09 bits per heavy atom. The highest BCUT2D eigenvalue weighted by atomic mass is 32.2. The number of rotatable bonds is 5. The second-order valence-corrected chi connectivity index (χ2v) is 5.52. The number of ether oxygens (including phenoxy) is 1. The molecular weight excluding hydrogens is 324 g/mol. The lowest BCUT2D eigenvalue weighted by atomic mass is 10.2. The maximum absolute atomic E-state index is 13.0. The molecule has 0 unspecified atom stereocenters. The van der Waals surface area contributed by atoms with Gasteiger partial charge in [0.15, 0.2) is 11.6 Å². The fraction of sp³-hybridized carbons (Fsp3) is 0.125. The average Bonchev–Trinajstić information content (AvgIpc) is 2.56. The van der Waals surface area contributed by atoms with Crippen LogP contribution in [0, 0.1) is 11.6 Å². The first-order valence-corrected chi connectivity index (χ1v) is 7.54. The van der Waals surface area contributed by atoms with Gasteiger partial charge >= 0.3 is 0 Å². The molecule has 2 amide bonds. The molecule has 2 aromatic carbocycles. The molecule has 0 heterocycles. The van der Waals surface area contributed by atoms with Gasteiger partial charge in [0.1, 0.15) is 5.75 Å². The van der Waals surface area contributed by atoms with Crippen LogP contribution in [0.4, 0.5) is 8.78 Å². The van der Waals surface area contributed by atoms with Crippen molar-refractivity contribution in [1.82, 2.24) is 5.32 Å². The van der Waals surface area contributed by atoms with Crippen LogP contribution in [0.1, 0.15) is 10.4 Å². The summed E-state index contributed by atoms with van der Waals surface area (Å²) in [4.78, 5) is 24.0. The zero-order valence-electron chi connectivity index (χ0n) is 12.1. The Bertz CT molecular complexity index is 720. The van der Waals surface area contributed by atoms with Crippen LogP contribution in [0.2, 0.25) is 0 Å². The average molecular weight is 337 g/mol. The van der Waals surface area contributed by atoms with Gasteiger partial charge in [-0.3, -0.25) is 14.9 Å². The molecule has 7 heteroatoms. The lowest BCUT2D eigenvalue weighted by molar-refractivity contribution is -0.117. The van der Waals surface area contributed by atoms with Gasteiger partial charge in [-0.25, -0.2) is 8.78 Å². The van der Waals surface area contributed by atoms with Gasteiger partial charge in [0.05, 0.1) is 12.9 Å². The largest absolute Gasteiger partial charge is 0.497 e. The zero-order valence-corrected chi connectivity index (χ0v) is 13.0. The summed E-state index contributed by atoms with van der Waals surface area (Å²) in [6.45, 7) is 0. The molecule has 0 aliphatic carbocycles. The number of halogens is 2. The molecule has 23 heavy (non-hydrogen) atoms. The molecule has 2 rings (SSSR count). The third kappa shape index (κ3) is 4.79. The van der Waals surface area contributed by atoms with E-state index in [4.69, 9.17) is 4.74 Å². The normalized spacial score (nSPS) is 10.2. The Labute approximate surface area is 135 Å². The molecule has 0 saturated heterocycles. The molecule has 120 valence electrons. The molecule has 0 radical (unpaired) electrons. The summed E-state index contributed by atoms with van der Waals surface area (Å²) < 4.78 is 30.8. The van der Waals surface area contributed by atoms with Crippen molar-refractivity contribution in [3.63, 3.8) is 0 Å². The summed E-state index contributed by atoms with van der Waals surface area (Å²) in [5.74, 6) is -2.49. The van der Waals surface area contributed by atoms with Crippen LogP contribution in [-0.4, -0.2) is 24.7 Å².